The predicted octanol–water partition coefficient (Wildman–Crippen LogP) is 4.55. The zero-order valence-corrected chi connectivity index (χ0v) is 29.7. The minimum atomic E-state index is -5.10. The van der Waals surface area contributed by atoms with Gasteiger partial charge in [-0.05, 0) is 38.5 Å². The van der Waals surface area contributed by atoms with Gasteiger partial charge in [0.05, 0.1) is 6.61 Å². The van der Waals surface area contributed by atoms with Crippen molar-refractivity contribution in [2.45, 2.75) is 166 Å². The lowest BCUT2D eigenvalue weighted by atomic mass is 9.85. The molecule has 0 heterocycles. The van der Waals surface area contributed by atoms with E-state index in [2.05, 4.69) is 38.2 Å². The van der Waals surface area contributed by atoms with E-state index in [1.54, 1.807) is 0 Å². The molecule has 1 aliphatic carbocycles. The third-order valence-electron chi connectivity index (χ3n) is 8.05. The number of phosphoric acid groups is 1. The van der Waals surface area contributed by atoms with E-state index in [9.17, 15) is 44.6 Å². The minimum Gasteiger partial charge on any atom is -0.462 e. The second-order valence-corrected chi connectivity index (χ2v) is 13.8. The van der Waals surface area contributed by atoms with E-state index in [1.165, 1.54) is 12.8 Å². The maximum absolute atomic E-state index is 12.7. The van der Waals surface area contributed by atoms with Crippen molar-refractivity contribution in [3.8, 4) is 0 Å². The van der Waals surface area contributed by atoms with Crippen molar-refractivity contribution in [2.75, 3.05) is 13.2 Å². The van der Waals surface area contributed by atoms with Crippen molar-refractivity contribution < 1.29 is 63.1 Å². The van der Waals surface area contributed by atoms with Gasteiger partial charge in [-0.25, -0.2) is 4.57 Å². The average molecular weight is 709 g/mol. The lowest BCUT2D eigenvalue weighted by Crippen LogP contribution is -2.64. The fraction of sp³-hybridized carbons (Fsp3) is 0.824. The molecule has 0 radical (unpaired) electrons. The summed E-state index contributed by atoms with van der Waals surface area (Å²) >= 11 is 0. The lowest BCUT2D eigenvalue weighted by Gasteiger charge is -2.41. The summed E-state index contributed by atoms with van der Waals surface area (Å²) < 4.78 is 33.0. The Labute approximate surface area is 285 Å². The highest BCUT2D eigenvalue weighted by Gasteiger charge is 2.51. The number of phosphoric ester groups is 1. The number of aliphatic hydroxyl groups is 5. The molecule has 14 heteroatoms. The summed E-state index contributed by atoms with van der Waals surface area (Å²) in [6.07, 6.45) is 10.3. The topological polar surface area (TPSA) is 210 Å². The van der Waals surface area contributed by atoms with Gasteiger partial charge in [0.15, 0.2) is 6.10 Å². The van der Waals surface area contributed by atoms with Crippen molar-refractivity contribution >= 4 is 19.8 Å². The maximum Gasteiger partial charge on any atom is 0.472 e. The van der Waals surface area contributed by atoms with Gasteiger partial charge in [0.2, 0.25) is 0 Å². The first kappa shape index (κ1) is 44.4. The van der Waals surface area contributed by atoms with Crippen LogP contribution in [-0.2, 0) is 32.7 Å². The third kappa shape index (κ3) is 19.5. The molecule has 0 saturated heterocycles. The quantitative estimate of drug-likeness (QED) is 0.0300. The van der Waals surface area contributed by atoms with Gasteiger partial charge in [-0.3, -0.25) is 18.6 Å². The van der Waals surface area contributed by atoms with Crippen LogP contribution >= 0.6 is 7.82 Å². The molecule has 48 heavy (non-hydrogen) atoms. The van der Waals surface area contributed by atoms with Gasteiger partial charge in [-0.2, -0.15) is 0 Å². The molecular weight excluding hydrogens is 647 g/mol. The number of unbranched alkanes of at least 4 members (excludes halogenated alkanes) is 11. The normalized spacial score (nSPS) is 24.9. The molecule has 0 aliphatic heterocycles. The predicted molar refractivity (Wildman–Crippen MR) is 180 cm³/mol. The van der Waals surface area contributed by atoms with Crippen LogP contribution in [0, 0.1) is 0 Å². The van der Waals surface area contributed by atoms with E-state index in [0.29, 0.717) is 12.8 Å². The molecule has 0 aromatic carbocycles. The number of esters is 2. The lowest BCUT2D eigenvalue weighted by molar-refractivity contribution is -0.220. The highest BCUT2D eigenvalue weighted by atomic mass is 31.2. The summed E-state index contributed by atoms with van der Waals surface area (Å²) in [5.41, 5.74) is 0. The molecule has 6 unspecified atom stereocenters. The zero-order valence-electron chi connectivity index (χ0n) is 28.8. The highest BCUT2D eigenvalue weighted by molar-refractivity contribution is 7.47. The summed E-state index contributed by atoms with van der Waals surface area (Å²) in [4.78, 5) is 35.1. The molecule has 1 aliphatic rings. The van der Waals surface area contributed by atoms with Gasteiger partial charge in [0, 0.05) is 12.8 Å². The van der Waals surface area contributed by atoms with Crippen LogP contribution in [0.15, 0.2) is 24.3 Å². The Hall–Kier alpha value is -1.67. The van der Waals surface area contributed by atoms with Crippen LogP contribution in [0.4, 0.5) is 0 Å². The SMILES string of the molecule is CCCC/C=C\C/C=C\CCCCCCCC(=O)OC(COC(=O)CCCCCCC)COP(=O)(O)OC1C(O)C(O)C(O)C(O)C1O. The highest BCUT2D eigenvalue weighted by Crippen LogP contribution is 2.47. The van der Waals surface area contributed by atoms with E-state index in [4.69, 9.17) is 18.5 Å². The first-order valence-corrected chi connectivity index (χ1v) is 19.1. The molecule has 0 aromatic heterocycles. The van der Waals surface area contributed by atoms with Crippen LogP contribution in [0.5, 0.6) is 0 Å². The molecule has 0 bridgehead atoms. The van der Waals surface area contributed by atoms with Crippen molar-refractivity contribution in [3.63, 3.8) is 0 Å². The fourth-order valence-electron chi connectivity index (χ4n) is 5.07. The summed E-state index contributed by atoms with van der Waals surface area (Å²) in [5.74, 6) is -1.13. The smallest absolute Gasteiger partial charge is 0.462 e. The average Bonchev–Trinajstić information content (AvgIpc) is 3.06. The number of hydrogen-bond donors (Lipinski definition) is 6. The number of carbonyl (C=O) groups is 2. The Morgan fingerprint density at radius 2 is 1.15 bits per heavy atom. The number of rotatable bonds is 27. The molecule has 0 aromatic rings. The zero-order chi connectivity index (χ0) is 35.8. The van der Waals surface area contributed by atoms with E-state index >= 15 is 0 Å². The Morgan fingerprint density at radius 1 is 0.646 bits per heavy atom. The van der Waals surface area contributed by atoms with E-state index in [1.807, 2.05) is 0 Å². The third-order valence-corrected chi connectivity index (χ3v) is 9.03. The molecule has 1 rings (SSSR count). The van der Waals surface area contributed by atoms with Crippen LogP contribution in [0.1, 0.15) is 123 Å². The molecule has 6 atom stereocenters. The fourth-order valence-corrected chi connectivity index (χ4v) is 6.04. The first-order chi connectivity index (χ1) is 22.9. The molecule has 0 amide bonds. The number of aliphatic hydroxyl groups excluding tert-OH is 5. The number of hydrogen-bond acceptors (Lipinski definition) is 12. The van der Waals surface area contributed by atoms with Gasteiger partial charge >= 0.3 is 19.8 Å². The largest absolute Gasteiger partial charge is 0.472 e. The molecule has 1 fully saturated rings. The van der Waals surface area contributed by atoms with E-state index in [-0.39, 0.29) is 12.8 Å². The van der Waals surface area contributed by atoms with Gasteiger partial charge in [-0.1, -0.05) is 95.9 Å². The van der Waals surface area contributed by atoms with Crippen molar-refractivity contribution in [1.82, 2.24) is 0 Å². The molecule has 6 N–H and O–H groups in total. The minimum absolute atomic E-state index is 0.0813. The maximum atomic E-state index is 12.7. The molecule has 0 spiro atoms. The second-order valence-electron chi connectivity index (χ2n) is 12.4. The number of carbonyl (C=O) groups excluding carboxylic acids is 2. The summed E-state index contributed by atoms with van der Waals surface area (Å²) in [7, 11) is -5.10. The van der Waals surface area contributed by atoms with Gasteiger partial charge < -0.3 is 39.9 Å². The first-order valence-electron chi connectivity index (χ1n) is 17.6. The summed E-state index contributed by atoms with van der Waals surface area (Å²) in [6, 6.07) is 0. The number of ether oxygens (including phenoxy) is 2. The van der Waals surface area contributed by atoms with Crippen LogP contribution < -0.4 is 0 Å². The van der Waals surface area contributed by atoms with Crippen LogP contribution in [0.3, 0.4) is 0 Å². The summed E-state index contributed by atoms with van der Waals surface area (Å²) in [5, 5.41) is 49.7. The van der Waals surface area contributed by atoms with Crippen LogP contribution in [-0.4, -0.2) is 98.3 Å². The van der Waals surface area contributed by atoms with Crippen molar-refractivity contribution in [2.24, 2.45) is 0 Å². The van der Waals surface area contributed by atoms with E-state index in [0.717, 1.165) is 70.6 Å². The van der Waals surface area contributed by atoms with Gasteiger partial charge in [0.1, 0.15) is 43.2 Å². The van der Waals surface area contributed by atoms with Gasteiger partial charge in [0.25, 0.3) is 0 Å². The molecular formula is C34H61O13P. The van der Waals surface area contributed by atoms with Crippen molar-refractivity contribution in [1.29, 1.82) is 0 Å². The van der Waals surface area contributed by atoms with Crippen LogP contribution in [0.2, 0.25) is 0 Å². The van der Waals surface area contributed by atoms with Crippen LogP contribution in [0.25, 0.3) is 0 Å². The molecule has 1 saturated carbocycles. The Kier molecular flexibility index (Phi) is 24.2. The van der Waals surface area contributed by atoms with Gasteiger partial charge in [-0.15, -0.1) is 0 Å². The monoisotopic (exact) mass is 708 g/mol. The standard InChI is InChI=1S/C34H61O13P/c1-3-5-7-9-10-11-12-13-14-15-16-17-19-21-23-28(36)46-26(24-44-27(35)22-20-18-8-6-4-2)25-45-48(42,43)47-34-32(40)30(38)29(37)31(39)33(34)41/h9-10,12-13,26,29-34,37-41H,3-8,11,14-25H2,1-2H3,(H,42,43)/b10-9-,13-12-. The molecule has 13 nitrogen and oxygen atoms in total. The van der Waals surface area contributed by atoms with Crippen molar-refractivity contribution in [3.05, 3.63) is 24.3 Å². The Morgan fingerprint density at radius 3 is 1.75 bits per heavy atom. The molecule has 280 valence electrons. The number of allylic oxidation sites excluding steroid dienone is 4. The Bertz CT molecular complexity index is 959. The Balaban J connectivity index is 2.55. The van der Waals surface area contributed by atoms with E-state index < -0.39 is 75.7 Å². The second kappa shape index (κ2) is 26.2. The summed E-state index contributed by atoms with van der Waals surface area (Å²) in [6.45, 7) is 3.08.